The van der Waals surface area contributed by atoms with E-state index in [0.717, 1.165) is 16.8 Å². The van der Waals surface area contributed by atoms with Crippen molar-refractivity contribution in [2.24, 2.45) is 0 Å². The SMILES string of the molecule is CCn1cc2cnsc2n1. The van der Waals surface area contributed by atoms with Crippen LogP contribution in [-0.2, 0) is 6.54 Å². The van der Waals surface area contributed by atoms with Gasteiger partial charge in [0.25, 0.3) is 0 Å². The summed E-state index contributed by atoms with van der Waals surface area (Å²) >= 11 is 1.44. The number of nitrogens with zero attached hydrogens (tertiary/aromatic N) is 3. The van der Waals surface area contributed by atoms with Gasteiger partial charge in [-0.15, -0.1) is 0 Å². The van der Waals surface area contributed by atoms with Gasteiger partial charge in [0.15, 0.2) is 4.83 Å². The number of aryl methyl sites for hydroxylation is 1. The van der Waals surface area contributed by atoms with Crippen LogP contribution in [0.5, 0.6) is 0 Å². The van der Waals surface area contributed by atoms with Crippen LogP contribution in [0.2, 0.25) is 0 Å². The standard InChI is InChI=1S/C6H7N3S/c1-2-9-4-5-3-7-10-6(5)8-9/h3-4H,2H2,1H3. The Morgan fingerprint density at radius 1 is 1.70 bits per heavy atom. The summed E-state index contributed by atoms with van der Waals surface area (Å²) in [4.78, 5) is 1.03. The van der Waals surface area contributed by atoms with Crippen molar-refractivity contribution in [3.63, 3.8) is 0 Å². The monoisotopic (exact) mass is 153 g/mol. The molecule has 2 heterocycles. The van der Waals surface area contributed by atoms with E-state index in [9.17, 15) is 0 Å². The van der Waals surface area contributed by atoms with Crippen LogP contribution in [0.25, 0.3) is 10.2 Å². The Hall–Kier alpha value is -0.900. The summed E-state index contributed by atoms with van der Waals surface area (Å²) in [5.41, 5.74) is 0. The van der Waals surface area contributed by atoms with E-state index in [1.165, 1.54) is 11.5 Å². The lowest BCUT2D eigenvalue weighted by Gasteiger charge is -1.88. The highest BCUT2D eigenvalue weighted by molar-refractivity contribution is 7.12. The van der Waals surface area contributed by atoms with Crippen LogP contribution in [-0.4, -0.2) is 14.2 Å². The van der Waals surface area contributed by atoms with Crippen molar-refractivity contribution in [3.05, 3.63) is 12.4 Å². The number of fused-ring (bicyclic) bond motifs is 1. The van der Waals surface area contributed by atoms with Gasteiger partial charge in [-0.3, -0.25) is 4.68 Å². The highest BCUT2D eigenvalue weighted by Crippen LogP contribution is 2.14. The molecule has 0 saturated carbocycles. The highest BCUT2D eigenvalue weighted by atomic mass is 32.1. The van der Waals surface area contributed by atoms with Crippen LogP contribution in [0.1, 0.15) is 6.92 Å². The molecule has 10 heavy (non-hydrogen) atoms. The van der Waals surface area contributed by atoms with Gasteiger partial charge >= 0.3 is 0 Å². The van der Waals surface area contributed by atoms with Crippen molar-refractivity contribution < 1.29 is 0 Å². The highest BCUT2D eigenvalue weighted by Gasteiger charge is 1.99. The Bertz CT molecular complexity index is 307. The summed E-state index contributed by atoms with van der Waals surface area (Å²) in [5, 5.41) is 5.41. The molecule has 0 bridgehead atoms. The molecule has 0 unspecified atom stereocenters. The lowest BCUT2D eigenvalue weighted by molar-refractivity contribution is 0.669. The summed E-state index contributed by atoms with van der Waals surface area (Å²) in [6.45, 7) is 3.01. The van der Waals surface area contributed by atoms with Crippen molar-refractivity contribution >= 4 is 21.7 Å². The first-order valence-electron chi connectivity index (χ1n) is 3.18. The molecule has 52 valence electrons. The fraction of sp³-hybridized carbons (Fsp3) is 0.333. The quantitative estimate of drug-likeness (QED) is 0.621. The summed E-state index contributed by atoms with van der Waals surface area (Å²) in [7, 11) is 0. The third-order valence-electron chi connectivity index (χ3n) is 1.41. The van der Waals surface area contributed by atoms with Crippen LogP contribution in [0.3, 0.4) is 0 Å². The summed E-state index contributed by atoms with van der Waals surface area (Å²) in [6, 6.07) is 0. The minimum Gasteiger partial charge on any atom is -0.271 e. The fourth-order valence-electron chi connectivity index (χ4n) is 0.874. The smallest absolute Gasteiger partial charge is 0.165 e. The van der Waals surface area contributed by atoms with Crippen LogP contribution >= 0.6 is 11.5 Å². The Balaban J connectivity index is 2.67. The van der Waals surface area contributed by atoms with Crippen molar-refractivity contribution in [1.82, 2.24) is 14.2 Å². The van der Waals surface area contributed by atoms with E-state index in [1.54, 1.807) is 0 Å². The minimum absolute atomic E-state index is 0.932. The van der Waals surface area contributed by atoms with Gasteiger partial charge in [-0.25, -0.2) is 0 Å². The molecular weight excluding hydrogens is 146 g/mol. The molecule has 3 nitrogen and oxygen atoms in total. The predicted octanol–water partition coefficient (Wildman–Crippen LogP) is 1.51. The van der Waals surface area contributed by atoms with Gasteiger partial charge in [-0.05, 0) is 18.5 Å². The molecule has 0 aliphatic heterocycles. The lowest BCUT2D eigenvalue weighted by Crippen LogP contribution is -1.92. The largest absolute Gasteiger partial charge is 0.271 e. The molecule has 0 aliphatic carbocycles. The van der Waals surface area contributed by atoms with Crippen LogP contribution < -0.4 is 0 Å². The van der Waals surface area contributed by atoms with E-state index >= 15 is 0 Å². The van der Waals surface area contributed by atoms with E-state index in [2.05, 4.69) is 16.4 Å². The Labute approximate surface area is 62.5 Å². The van der Waals surface area contributed by atoms with Gasteiger partial charge in [-0.2, -0.15) is 9.47 Å². The van der Waals surface area contributed by atoms with Crippen LogP contribution in [0.15, 0.2) is 12.4 Å². The van der Waals surface area contributed by atoms with E-state index < -0.39 is 0 Å². The third-order valence-corrected chi connectivity index (χ3v) is 2.11. The number of hydrogen-bond acceptors (Lipinski definition) is 3. The van der Waals surface area contributed by atoms with E-state index in [1.807, 2.05) is 17.1 Å². The first kappa shape index (κ1) is 5.85. The van der Waals surface area contributed by atoms with Crippen molar-refractivity contribution in [2.45, 2.75) is 13.5 Å². The zero-order chi connectivity index (χ0) is 6.97. The van der Waals surface area contributed by atoms with E-state index in [-0.39, 0.29) is 0 Å². The van der Waals surface area contributed by atoms with Gasteiger partial charge in [0.05, 0.1) is 11.6 Å². The zero-order valence-corrected chi connectivity index (χ0v) is 6.43. The maximum absolute atomic E-state index is 4.26. The second kappa shape index (κ2) is 2.05. The molecule has 4 heteroatoms. The van der Waals surface area contributed by atoms with Crippen molar-refractivity contribution in [3.8, 4) is 0 Å². The molecular formula is C6H7N3S. The first-order valence-corrected chi connectivity index (χ1v) is 3.95. The Morgan fingerprint density at radius 2 is 2.60 bits per heavy atom. The van der Waals surface area contributed by atoms with E-state index in [4.69, 9.17) is 0 Å². The molecule has 0 saturated heterocycles. The average Bonchev–Trinajstić information content (AvgIpc) is 2.42. The zero-order valence-electron chi connectivity index (χ0n) is 5.61. The molecule has 0 amide bonds. The molecule has 0 radical (unpaired) electrons. The Morgan fingerprint density at radius 3 is 3.30 bits per heavy atom. The fourth-order valence-corrected chi connectivity index (χ4v) is 1.49. The minimum atomic E-state index is 0.932. The maximum atomic E-state index is 4.26. The summed E-state index contributed by atoms with van der Waals surface area (Å²) in [6.07, 6.45) is 3.86. The van der Waals surface area contributed by atoms with E-state index in [0.29, 0.717) is 0 Å². The van der Waals surface area contributed by atoms with Gasteiger partial charge in [0.1, 0.15) is 0 Å². The molecule has 0 N–H and O–H groups in total. The normalized spacial score (nSPS) is 10.9. The molecule has 2 aromatic rings. The Kier molecular flexibility index (Phi) is 1.20. The molecule has 0 aromatic carbocycles. The average molecular weight is 153 g/mol. The summed E-state index contributed by atoms with van der Waals surface area (Å²) < 4.78 is 5.92. The van der Waals surface area contributed by atoms with Crippen molar-refractivity contribution in [2.75, 3.05) is 0 Å². The van der Waals surface area contributed by atoms with Crippen LogP contribution in [0, 0.1) is 0 Å². The lowest BCUT2D eigenvalue weighted by atomic mass is 10.5. The second-order valence-electron chi connectivity index (χ2n) is 2.07. The van der Waals surface area contributed by atoms with Gasteiger partial charge in [0, 0.05) is 12.7 Å². The molecule has 0 atom stereocenters. The third kappa shape index (κ3) is 0.724. The van der Waals surface area contributed by atoms with Crippen LogP contribution in [0.4, 0.5) is 0 Å². The number of hydrogen-bond donors (Lipinski definition) is 0. The predicted molar refractivity (Wildman–Crippen MR) is 41.1 cm³/mol. The molecule has 0 fully saturated rings. The molecule has 2 aromatic heterocycles. The molecule has 0 spiro atoms. The van der Waals surface area contributed by atoms with Gasteiger partial charge in [0.2, 0.25) is 0 Å². The molecule has 2 rings (SSSR count). The number of aromatic nitrogens is 3. The topological polar surface area (TPSA) is 30.7 Å². The first-order chi connectivity index (χ1) is 4.90. The second-order valence-corrected chi connectivity index (χ2v) is 2.85. The maximum Gasteiger partial charge on any atom is 0.165 e. The molecule has 0 aliphatic rings. The van der Waals surface area contributed by atoms with Crippen molar-refractivity contribution in [1.29, 1.82) is 0 Å². The number of rotatable bonds is 1. The van der Waals surface area contributed by atoms with Gasteiger partial charge in [-0.1, -0.05) is 0 Å². The summed E-state index contributed by atoms with van der Waals surface area (Å²) in [5.74, 6) is 0. The van der Waals surface area contributed by atoms with Gasteiger partial charge < -0.3 is 0 Å².